The van der Waals surface area contributed by atoms with E-state index < -0.39 is 0 Å². The van der Waals surface area contributed by atoms with Crippen LogP contribution in [0.1, 0.15) is 5.56 Å². The number of hydrogen-bond acceptors (Lipinski definition) is 3. The second kappa shape index (κ2) is 5.12. The van der Waals surface area contributed by atoms with Gasteiger partial charge >= 0.3 is 0 Å². The number of nitrogens with two attached hydrogens (primary N) is 1. The van der Waals surface area contributed by atoms with Crippen LogP contribution in [0.25, 0.3) is 0 Å². The number of hydrogen-bond donors (Lipinski definition) is 1. The summed E-state index contributed by atoms with van der Waals surface area (Å²) in [6, 6.07) is 7.78. The minimum absolute atomic E-state index is 0.0651. The summed E-state index contributed by atoms with van der Waals surface area (Å²) in [5, 5.41) is 0.510. The first kappa shape index (κ1) is 11.8. The lowest BCUT2D eigenvalue weighted by molar-refractivity contribution is 0.450. The molecule has 1 aromatic heterocycles. The molecule has 0 radical (unpaired) electrons. The van der Waals surface area contributed by atoms with Crippen molar-refractivity contribution in [1.82, 2.24) is 4.98 Å². The summed E-state index contributed by atoms with van der Waals surface area (Å²) in [7, 11) is 0. The van der Waals surface area contributed by atoms with Crippen LogP contribution in [0.4, 0.5) is 4.39 Å². The summed E-state index contributed by atoms with van der Waals surface area (Å²) in [6.07, 6.45) is 1.46. The zero-order valence-corrected chi connectivity index (χ0v) is 9.62. The molecule has 0 aliphatic rings. The summed E-state index contributed by atoms with van der Waals surface area (Å²) in [5.74, 6) is 0.316. The van der Waals surface area contributed by atoms with Crippen molar-refractivity contribution in [3.8, 4) is 11.6 Å². The fourth-order valence-corrected chi connectivity index (χ4v) is 1.48. The van der Waals surface area contributed by atoms with Crippen LogP contribution in [-0.4, -0.2) is 4.98 Å². The highest BCUT2D eigenvalue weighted by atomic mass is 35.5. The van der Waals surface area contributed by atoms with Gasteiger partial charge in [0.1, 0.15) is 11.6 Å². The monoisotopic (exact) mass is 252 g/mol. The maximum absolute atomic E-state index is 13.4. The molecule has 2 N–H and O–H groups in total. The van der Waals surface area contributed by atoms with E-state index in [1.165, 1.54) is 12.3 Å². The lowest BCUT2D eigenvalue weighted by Gasteiger charge is -2.09. The lowest BCUT2D eigenvalue weighted by Crippen LogP contribution is -2.02. The van der Waals surface area contributed by atoms with Crippen molar-refractivity contribution in [2.45, 2.75) is 6.54 Å². The van der Waals surface area contributed by atoms with Gasteiger partial charge in [0, 0.05) is 24.4 Å². The molecule has 0 spiro atoms. The Balaban J connectivity index is 2.29. The highest BCUT2D eigenvalue weighted by Gasteiger charge is 2.09. The maximum atomic E-state index is 13.4. The number of nitrogens with zero attached hydrogens (tertiary/aromatic N) is 1. The van der Waals surface area contributed by atoms with E-state index in [-0.39, 0.29) is 12.4 Å². The molecule has 1 aromatic carbocycles. The standard InChI is InChI=1S/C12H10ClFN2O/c13-8-4-5-12(16-7-8)17-11-3-1-2-10(14)9(11)6-15/h1-5,7H,6,15H2. The average Bonchev–Trinajstić information content (AvgIpc) is 2.32. The van der Waals surface area contributed by atoms with Crippen molar-refractivity contribution in [3.63, 3.8) is 0 Å². The van der Waals surface area contributed by atoms with Crippen LogP contribution in [-0.2, 0) is 6.54 Å². The Bertz CT molecular complexity index is 516. The minimum atomic E-state index is -0.390. The molecule has 17 heavy (non-hydrogen) atoms. The Hall–Kier alpha value is -1.65. The predicted octanol–water partition coefficient (Wildman–Crippen LogP) is 3.13. The van der Waals surface area contributed by atoms with Gasteiger partial charge in [-0.2, -0.15) is 0 Å². The molecular weight excluding hydrogens is 243 g/mol. The van der Waals surface area contributed by atoms with Crippen LogP contribution in [0.2, 0.25) is 5.02 Å². The van der Waals surface area contributed by atoms with E-state index in [1.54, 1.807) is 24.3 Å². The van der Waals surface area contributed by atoms with E-state index in [4.69, 9.17) is 22.1 Å². The van der Waals surface area contributed by atoms with Crippen LogP contribution in [0.15, 0.2) is 36.5 Å². The molecule has 5 heteroatoms. The number of pyridine rings is 1. The van der Waals surface area contributed by atoms with Gasteiger partial charge in [0.15, 0.2) is 0 Å². The molecule has 0 aliphatic carbocycles. The zero-order chi connectivity index (χ0) is 12.3. The van der Waals surface area contributed by atoms with Gasteiger partial charge in [-0.1, -0.05) is 17.7 Å². The Morgan fingerprint density at radius 3 is 2.76 bits per heavy atom. The van der Waals surface area contributed by atoms with Crippen LogP contribution in [0, 0.1) is 5.82 Å². The molecule has 3 nitrogen and oxygen atoms in total. The van der Waals surface area contributed by atoms with E-state index in [0.29, 0.717) is 22.2 Å². The van der Waals surface area contributed by atoms with Crippen molar-refractivity contribution >= 4 is 11.6 Å². The molecule has 0 atom stereocenters. The summed E-state index contributed by atoms with van der Waals surface area (Å²) in [4.78, 5) is 3.96. The molecular formula is C12H10ClFN2O. The molecule has 0 fully saturated rings. The first-order chi connectivity index (χ1) is 8.20. The van der Waals surface area contributed by atoms with Gasteiger partial charge in [0.25, 0.3) is 0 Å². The van der Waals surface area contributed by atoms with Gasteiger partial charge in [-0.05, 0) is 18.2 Å². The zero-order valence-electron chi connectivity index (χ0n) is 8.86. The first-order valence-electron chi connectivity index (χ1n) is 4.97. The second-order valence-corrected chi connectivity index (χ2v) is 3.77. The highest BCUT2D eigenvalue weighted by Crippen LogP contribution is 2.26. The number of aromatic nitrogens is 1. The fraction of sp³-hybridized carbons (Fsp3) is 0.0833. The van der Waals surface area contributed by atoms with Crippen molar-refractivity contribution < 1.29 is 9.13 Å². The third kappa shape index (κ3) is 2.72. The van der Waals surface area contributed by atoms with Gasteiger partial charge in [0.2, 0.25) is 5.88 Å². The molecule has 2 aromatic rings. The molecule has 2 rings (SSSR count). The normalized spacial score (nSPS) is 10.3. The number of benzene rings is 1. The Morgan fingerprint density at radius 2 is 2.12 bits per heavy atom. The van der Waals surface area contributed by atoms with Crippen molar-refractivity contribution in [3.05, 3.63) is 52.9 Å². The van der Waals surface area contributed by atoms with Crippen LogP contribution in [0.3, 0.4) is 0 Å². The van der Waals surface area contributed by atoms with Crippen molar-refractivity contribution in [1.29, 1.82) is 0 Å². The minimum Gasteiger partial charge on any atom is -0.439 e. The smallest absolute Gasteiger partial charge is 0.219 e. The summed E-state index contributed by atoms with van der Waals surface area (Å²) in [6.45, 7) is 0.0651. The Labute approximate surface area is 103 Å². The molecule has 0 saturated heterocycles. The fourth-order valence-electron chi connectivity index (χ4n) is 1.37. The number of ether oxygens (including phenoxy) is 1. The summed E-state index contributed by atoms with van der Waals surface area (Å²) >= 11 is 5.70. The van der Waals surface area contributed by atoms with E-state index >= 15 is 0 Å². The van der Waals surface area contributed by atoms with E-state index in [0.717, 1.165) is 0 Å². The van der Waals surface area contributed by atoms with Gasteiger partial charge < -0.3 is 10.5 Å². The Morgan fingerprint density at radius 1 is 1.29 bits per heavy atom. The molecule has 1 heterocycles. The third-order valence-electron chi connectivity index (χ3n) is 2.19. The quantitative estimate of drug-likeness (QED) is 0.913. The van der Waals surface area contributed by atoms with Crippen molar-refractivity contribution in [2.75, 3.05) is 0 Å². The molecule has 0 amide bonds. The largest absolute Gasteiger partial charge is 0.439 e. The van der Waals surface area contributed by atoms with E-state index in [1.807, 2.05) is 0 Å². The van der Waals surface area contributed by atoms with Crippen LogP contribution in [0.5, 0.6) is 11.6 Å². The van der Waals surface area contributed by atoms with Gasteiger partial charge in [-0.3, -0.25) is 0 Å². The SMILES string of the molecule is NCc1c(F)cccc1Oc1ccc(Cl)cn1. The molecule has 0 aliphatic heterocycles. The van der Waals surface area contributed by atoms with Gasteiger partial charge in [0.05, 0.1) is 5.02 Å². The topological polar surface area (TPSA) is 48.1 Å². The van der Waals surface area contributed by atoms with Crippen LogP contribution < -0.4 is 10.5 Å². The average molecular weight is 253 g/mol. The van der Waals surface area contributed by atoms with E-state index in [9.17, 15) is 4.39 Å². The molecule has 0 unspecified atom stereocenters. The molecule has 0 bridgehead atoms. The van der Waals surface area contributed by atoms with Crippen LogP contribution >= 0.6 is 11.6 Å². The number of halogens is 2. The molecule has 88 valence electrons. The predicted molar refractivity (Wildman–Crippen MR) is 63.6 cm³/mol. The summed E-state index contributed by atoms with van der Waals surface area (Å²) in [5.41, 5.74) is 5.79. The second-order valence-electron chi connectivity index (χ2n) is 3.34. The first-order valence-corrected chi connectivity index (χ1v) is 5.35. The lowest BCUT2D eigenvalue weighted by atomic mass is 10.2. The molecule has 0 saturated carbocycles. The number of rotatable bonds is 3. The van der Waals surface area contributed by atoms with Gasteiger partial charge in [-0.25, -0.2) is 9.37 Å². The Kier molecular flexibility index (Phi) is 3.56. The highest BCUT2D eigenvalue weighted by molar-refractivity contribution is 6.30. The summed E-state index contributed by atoms with van der Waals surface area (Å²) < 4.78 is 18.9. The van der Waals surface area contributed by atoms with Crippen molar-refractivity contribution in [2.24, 2.45) is 5.73 Å². The van der Waals surface area contributed by atoms with Gasteiger partial charge in [-0.15, -0.1) is 0 Å². The maximum Gasteiger partial charge on any atom is 0.219 e. The van der Waals surface area contributed by atoms with E-state index in [2.05, 4.69) is 4.98 Å². The third-order valence-corrected chi connectivity index (χ3v) is 2.42.